The van der Waals surface area contributed by atoms with E-state index in [1.54, 1.807) is 6.07 Å². The van der Waals surface area contributed by atoms with Gasteiger partial charge in [-0.05, 0) is 43.0 Å². The SMILES string of the molecule is CN(C(=O)CCNC(=O)c1cccs1)C1CCC(CO)CC1. The summed E-state index contributed by atoms with van der Waals surface area (Å²) in [6.07, 6.45) is 4.19. The smallest absolute Gasteiger partial charge is 0.261 e. The van der Waals surface area contributed by atoms with Crippen LogP contribution in [0.2, 0.25) is 0 Å². The molecule has 22 heavy (non-hydrogen) atoms. The third-order valence-corrected chi connectivity index (χ3v) is 5.25. The number of hydrogen-bond acceptors (Lipinski definition) is 4. The van der Waals surface area contributed by atoms with E-state index in [4.69, 9.17) is 5.11 Å². The van der Waals surface area contributed by atoms with Gasteiger partial charge in [-0.1, -0.05) is 6.07 Å². The first kappa shape index (κ1) is 17.0. The molecule has 2 amide bonds. The molecule has 0 radical (unpaired) electrons. The Bertz CT molecular complexity index is 482. The molecule has 1 aliphatic rings. The summed E-state index contributed by atoms with van der Waals surface area (Å²) in [6, 6.07) is 3.87. The average molecular weight is 324 g/mol. The van der Waals surface area contributed by atoms with Crippen molar-refractivity contribution >= 4 is 23.2 Å². The molecule has 0 unspecified atom stereocenters. The molecule has 1 heterocycles. The number of rotatable bonds is 6. The number of aliphatic hydroxyl groups is 1. The van der Waals surface area contributed by atoms with Gasteiger partial charge >= 0.3 is 0 Å². The first-order valence-electron chi connectivity index (χ1n) is 7.80. The summed E-state index contributed by atoms with van der Waals surface area (Å²) < 4.78 is 0. The zero-order valence-electron chi connectivity index (χ0n) is 13.0. The van der Waals surface area contributed by atoms with Crippen LogP contribution in [0.25, 0.3) is 0 Å². The molecule has 0 spiro atoms. The lowest BCUT2D eigenvalue weighted by molar-refractivity contribution is -0.132. The highest BCUT2D eigenvalue weighted by atomic mass is 32.1. The van der Waals surface area contributed by atoms with E-state index in [1.807, 2.05) is 23.4 Å². The fourth-order valence-corrected chi connectivity index (χ4v) is 3.51. The molecule has 1 aromatic rings. The lowest BCUT2D eigenvalue weighted by Gasteiger charge is -2.34. The Hall–Kier alpha value is -1.40. The van der Waals surface area contributed by atoms with Crippen LogP contribution in [0, 0.1) is 5.92 Å². The van der Waals surface area contributed by atoms with Crippen molar-refractivity contribution in [2.75, 3.05) is 20.2 Å². The van der Waals surface area contributed by atoms with Gasteiger partial charge in [0.05, 0.1) is 4.88 Å². The van der Waals surface area contributed by atoms with Crippen LogP contribution >= 0.6 is 11.3 Å². The van der Waals surface area contributed by atoms with Gasteiger partial charge in [-0.25, -0.2) is 0 Å². The van der Waals surface area contributed by atoms with Crippen LogP contribution in [0.5, 0.6) is 0 Å². The topological polar surface area (TPSA) is 69.6 Å². The molecule has 5 nitrogen and oxygen atoms in total. The van der Waals surface area contributed by atoms with Crippen LogP contribution in [0.15, 0.2) is 17.5 Å². The number of amides is 2. The highest BCUT2D eigenvalue weighted by molar-refractivity contribution is 7.12. The molecule has 1 fully saturated rings. The zero-order valence-corrected chi connectivity index (χ0v) is 13.8. The molecule has 0 bridgehead atoms. The predicted octanol–water partition coefficient (Wildman–Crippen LogP) is 1.88. The van der Waals surface area contributed by atoms with Crippen molar-refractivity contribution in [2.45, 2.75) is 38.1 Å². The molecule has 0 atom stereocenters. The van der Waals surface area contributed by atoms with E-state index in [0.717, 1.165) is 25.7 Å². The fourth-order valence-electron chi connectivity index (χ4n) is 2.87. The maximum atomic E-state index is 12.2. The Labute approximate surface area is 135 Å². The van der Waals surface area contributed by atoms with E-state index in [-0.39, 0.29) is 24.5 Å². The Kier molecular flexibility index (Phi) is 6.39. The van der Waals surface area contributed by atoms with Gasteiger partial charge in [0.1, 0.15) is 0 Å². The monoisotopic (exact) mass is 324 g/mol. The van der Waals surface area contributed by atoms with Gasteiger partial charge in [-0.2, -0.15) is 0 Å². The number of nitrogens with one attached hydrogen (secondary N) is 1. The van der Waals surface area contributed by atoms with Crippen LogP contribution in [0.3, 0.4) is 0 Å². The van der Waals surface area contributed by atoms with E-state index >= 15 is 0 Å². The number of carbonyl (C=O) groups is 2. The molecule has 1 aliphatic carbocycles. The Morgan fingerprint density at radius 3 is 2.68 bits per heavy atom. The van der Waals surface area contributed by atoms with Gasteiger partial charge in [0.2, 0.25) is 5.91 Å². The third kappa shape index (κ3) is 4.55. The van der Waals surface area contributed by atoms with Crippen LogP contribution in [0.4, 0.5) is 0 Å². The highest BCUT2D eigenvalue weighted by Crippen LogP contribution is 2.26. The van der Waals surface area contributed by atoms with Gasteiger partial charge in [0, 0.05) is 32.7 Å². The van der Waals surface area contributed by atoms with Crippen molar-refractivity contribution in [1.82, 2.24) is 10.2 Å². The van der Waals surface area contributed by atoms with Crippen molar-refractivity contribution in [3.05, 3.63) is 22.4 Å². The molecule has 1 aromatic heterocycles. The lowest BCUT2D eigenvalue weighted by Crippen LogP contribution is -2.41. The van der Waals surface area contributed by atoms with Gasteiger partial charge < -0.3 is 15.3 Å². The first-order valence-corrected chi connectivity index (χ1v) is 8.68. The summed E-state index contributed by atoms with van der Waals surface area (Å²) in [5, 5.41) is 13.8. The molecule has 0 saturated heterocycles. The van der Waals surface area contributed by atoms with Crippen LogP contribution in [-0.4, -0.2) is 48.1 Å². The van der Waals surface area contributed by atoms with E-state index in [2.05, 4.69) is 5.32 Å². The Morgan fingerprint density at radius 1 is 1.36 bits per heavy atom. The standard InChI is InChI=1S/C16H24N2O3S/c1-18(13-6-4-12(11-19)5-7-13)15(20)8-9-17-16(21)14-3-2-10-22-14/h2-3,10,12-13,19H,4-9,11H2,1H3,(H,17,21). The summed E-state index contributed by atoms with van der Waals surface area (Å²) >= 11 is 1.39. The quantitative estimate of drug-likeness (QED) is 0.839. The van der Waals surface area contributed by atoms with Crippen molar-refractivity contribution < 1.29 is 14.7 Å². The number of hydrogen-bond donors (Lipinski definition) is 2. The first-order chi connectivity index (χ1) is 10.6. The van der Waals surface area contributed by atoms with E-state index in [9.17, 15) is 9.59 Å². The van der Waals surface area contributed by atoms with Gasteiger partial charge in [0.15, 0.2) is 0 Å². The fraction of sp³-hybridized carbons (Fsp3) is 0.625. The lowest BCUT2D eigenvalue weighted by atomic mass is 9.86. The van der Waals surface area contributed by atoms with Crippen molar-refractivity contribution in [2.24, 2.45) is 5.92 Å². The van der Waals surface area contributed by atoms with Gasteiger partial charge in [-0.15, -0.1) is 11.3 Å². The summed E-state index contributed by atoms with van der Waals surface area (Å²) in [7, 11) is 1.84. The number of aliphatic hydroxyl groups excluding tert-OH is 1. The Morgan fingerprint density at radius 2 is 2.09 bits per heavy atom. The van der Waals surface area contributed by atoms with Crippen LogP contribution < -0.4 is 5.32 Å². The maximum absolute atomic E-state index is 12.2. The normalized spacial score (nSPS) is 21.4. The third-order valence-electron chi connectivity index (χ3n) is 4.38. The zero-order chi connectivity index (χ0) is 15.9. The minimum Gasteiger partial charge on any atom is -0.396 e. The minimum absolute atomic E-state index is 0.0685. The minimum atomic E-state index is -0.117. The molecule has 6 heteroatoms. The van der Waals surface area contributed by atoms with Crippen LogP contribution in [0.1, 0.15) is 41.8 Å². The van der Waals surface area contributed by atoms with Crippen molar-refractivity contribution in [3.63, 3.8) is 0 Å². The number of thiophene rings is 1. The van der Waals surface area contributed by atoms with E-state index in [1.165, 1.54) is 11.3 Å². The van der Waals surface area contributed by atoms with Crippen molar-refractivity contribution in [3.8, 4) is 0 Å². The largest absolute Gasteiger partial charge is 0.396 e. The second-order valence-electron chi connectivity index (χ2n) is 5.84. The molecule has 2 N–H and O–H groups in total. The molecule has 0 aliphatic heterocycles. The molecular formula is C16H24N2O3S. The second-order valence-corrected chi connectivity index (χ2v) is 6.79. The van der Waals surface area contributed by atoms with Crippen LogP contribution in [-0.2, 0) is 4.79 Å². The molecular weight excluding hydrogens is 300 g/mol. The number of carbonyl (C=O) groups excluding carboxylic acids is 2. The van der Waals surface area contributed by atoms with Crippen molar-refractivity contribution in [1.29, 1.82) is 0 Å². The maximum Gasteiger partial charge on any atom is 0.261 e. The average Bonchev–Trinajstić information content (AvgIpc) is 3.08. The highest BCUT2D eigenvalue weighted by Gasteiger charge is 2.25. The summed E-state index contributed by atoms with van der Waals surface area (Å²) in [5.74, 6) is 0.345. The van der Waals surface area contributed by atoms with Gasteiger partial charge in [-0.3, -0.25) is 9.59 Å². The van der Waals surface area contributed by atoms with Gasteiger partial charge in [0.25, 0.3) is 5.91 Å². The predicted molar refractivity (Wildman–Crippen MR) is 86.9 cm³/mol. The Balaban J connectivity index is 1.69. The summed E-state index contributed by atoms with van der Waals surface area (Å²) in [5.41, 5.74) is 0. The molecule has 122 valence electrons. The van der Waals surface area contributed by atoms with E-state index < -0.39 is 0 Å². The second kappa shape index (κ2) is 8.29. The summed E-state index contributed by atoms with van der Waals surface area (Å²) in [4.78, 5) is 26.4. The molecule has 0 aromatic carbocycles. The molecule has 1 saturated carbocycles. The summed E-state index contributed by atoms with van der Waals surface area (Å²) in [6.45, 7) is 0.616. The van der Waals surface area contributed by atoms with E-state index in [0.29, 0.717) is 23.8 Å². The molecule has 2 rings (SSSR count). The number of nitrogens with zero attached hydrogens (tertiary/aromatic N) is 1.